The van der Waals surface area contributed by atoms with Crippen LogP contribution in [0.25, 0.3) is 0 Å². The first-order valence-corrected chi connectivity index (χ1v) is 4.40. The molecule has 0 radical (unpaired) electrons. The van der Waals surface area contributed by atoms with E-state index >= 15 is 0 Å². The Kier molecular flexibility index (Phi) is 4.14. The molecule has 6 nitrogen and oxygen atoms in total. The van der Waals surface area contributed by atoms with E-state index in [9.17, 15) is 9.59 Å². The zero-order valence-electron chi connectivity index (χ0n) is 8.84. The summed E-state index contributed by atoms with van der Waals surface area (Å²) in [6.45, 7) is 1.91. The molecule has 0 unspecified atom stereocenters. The highest BCUT2D eigenvalue weighted by Crippen LogP contribution is 2.11. The van der Waals surface area contributed by atoms with Crippen molar-refractivity contribution in [3.63, 3.8) is 0 Å². The van der Waals surface area contributed by atoms with E-state index in [4.69, 9.17) is 4.74 Å². The fraction of sp³-hybridized carbons (Fsp3) is 0.200. The van der Waals surface area contributed by atoms with Gasteiger partial charge in [0.2, 0.25) is 0 Å². The number of methoxy groups -OCH3 is 1. The Hall–Kier alpha value is -2.24. The van der Waals surface area contributed by atoms with Gasteiger partial charge in [-0.25, -0.2) is 9.59 Å². The Balaban J connectivity index is 2.55. The lowest BCUT2D eigenvalue weighted by Gasteiger charge is -1.99. The first-order valence-electron chi connectivity index (χ1n) is 4.40. The average Bonchev–Trinajstić information content (AvgIpc) is 2.29. The standard InChI is InChI=1S/C10H10N2O4/c1-7-3-5-8(6-4-7)16-10(14)12-11-9(13)15-2/h3-6H,1-2H3. The predicted molar refractivity (Wildman–Crippen MR) is 54.5 cm³/mol. The average molecular weight is 222 g/mol. The first kappa shape index (κ1) is 11.8. The fourth-order valence-corrected chi connectivity index (χ4v) is 0.850. The number of rotatable bonds is 1. The second kappa shape index (κ2) is 5.59. The smallest absolute Gasteiger partial charge is 0.450 e. The molecule has 0 heterocycles. The number of nitrogens with zero attached hydrogens (tertiary/aromatic N) is 2. The lowest BCUT2D eigenvalue weighted by atomic mass is 10.2. The Morgan fingerprint density at radius 2 is 1.62 bits per heavy atom. The van der Waals surface area contributed by atoms with Crippen LogP contribution in [0.4, 0.5) is 9.59 Å². The molecule has 0 saturated heterocycles. The van der Waals surface area contributed by atoms with Crippen LogP contribution in [0.2, 0.25) is 0 Å². The van der Waals surface area contributed by atoms with Crippen LogP contribution in [0.1, 0.15) is 5.56 Å². The number of hydrogen-bond acceptors (Lipinski definition) is 4. The van der Waals surface area contributed by atoms with Crippen molar-refractivity contribution in [3.05, 3.63) is 29.8 Å². The van der Waals surface area contributed by atoms with Crippen molar-refractivity contribution in [2.45, 2.75) is 6.92 Å². The van der Waals surface area contributed by atoms with E-state index in [1.54, 1.807) is 24.3 Å². The van der Waals surface area contributed by atoms with E-state index < -0.39 is 12.2 Å². The summed E-state index contributed by atoms with van der Waals surface area (Å²) < 4.78 is 8.92. The molecule has 1 rings (SSSR count). The van der Waals surface area contributed by atoms with Gasteiger partial charge in [-0.2, -0.15) is 0 Å². The minimum absolute atomic E-state index is 0.333. The van der Waals surface area contributed by atoms with Gasteiger partial charge in [0.05, 0.1) is 7.11 Å². The third-order valence-electron chi connectivity index (χ3n) is 1.61. The maximum Gasteiger partial charge on any atom is 0.458 e. The summed E-state index contributed by atoms with van der Waals surface area (Å²) in [6, 6.07) is 6.78. The molecule has 0 N–H and O–H groups in total. The third-order valence-corrected chi connectivity index (χ3v) is 1.61. The minimum atomic E-state index is -0.978. The van der Waals surface area contributed by atoms with Crippen LogP contribution in [0.3, 0.4) is 0 Å². The summed E-state index contributed by atoms with van der Waals surface area (Å²) >= 11 is 0. The number of ether oxygens (including phenoxy) is 2. The molecular formula is C10H10N2O4. The van der Waals surface area contributed by atoms with Crippen LogP contribution < -0.4 is 4.74 Å². The number of carbonyl (C=O) groups is 2. The van der Waals surface area contributed by atoms with Gasteiger partial charge >= 0.3 is 12.2 Å². The van der Waals surface area contributed by atoms with E-state index in [1.807, 2.05) is 6.92 Å². The third kappa shape index (κ3) is 3.87. The summed E-state index contributed by atoms with van der Waals surface area (Å²) in [5.41, 5.74) is 1.04. The van der Waals surface area contributed by atoms with Gasteiger partial charge in [-0.3, -0.25) is 0 Å². The zero-order chi connectivity index (χ0) is 12.0. The molecule has 0 aliphatic rings. The molecule has 0 bridgehead atoms. The number of carbonyl (C=O) groups excluding carboxylic acids is 2. The maximum absolute atomic E-state index is 11.0. The van der Waals surface area contributed by atoms with Gasteiger partial charge < -0.3 is 9.47 Å². The Morgan fingerprint density at radius 3 is 2.19 bits per heavy atom. The van der Waals surface area contributed by atoms with Crippen molar-refractivity contribution in [1.82, 2.24) is 0 Å². The minimum Gasteiger partial charge on any atom is -0.450 e. The van der Waals surface area contributed by atoms with Crippen molar-refractivity contribution in [2.75, 3.05) is 7.11 Å². The molecule has 1 aromatic carbocycles. The number of azo groups is 1. The predicted octanol–water partition coefficient (Wildman–Crippen LogP) is 2.71. The van der Waals surface area contributed by atoms with E-state index in [-0.39, 0.29) is 0 Å². The van der Waals surface area contributed by atoms with Gasteiger partial charge in [-0.15, -0.1) is 0 Å². The van der Waals surface area contributed by atoms with Crippen LogP contribution in [-0.4, -0.2) is 19.3 Å². The molecule has 16 heavy (non-hydrogen) atoms. The van der Waals surface area contributed by atoms with Gasteiger partial charge in [0, 0.05) is 0 Å². The van der Waals surface area contributed by atoms with Crippen LogP contribution in [0.5, 0.6) is 5.75 Å². The highest BCUT2D eigenvalue weighted by atomic mass is 16.6. The van der Waals surface area contributed by atoms with Gasteiger partial charge in [0.1, 0.15) is 5.75 Å². The second-order valence-corrected chi connectivity index (χ2v) is 2.85. The molecule has 84 valence electrons. The molecule has 0 aliphatic heterocycles. The Morgan fingerprint density at radius 1 is 1.06 bits per heavy atom. The normalized spacial score (nSPS) is 10.1. The van der Waals surface area contributed by atoms with Gasteiger partial charge in [0.15, 0.2) is 0 Å². The summed E-state index contributed by atoms with van der Waals surface area (Å²) in [5.74, 6) is 0.333. The molecule has 0 fully saturated rings. The Labute approximate surface area is 91.9 Å². The number of aryl methyl sites for hydroxylation is 1. The molecule has 0 aromatic heterocycles. The van der Waals surface area contributed by atoms with Crippen molar-refractivity contribution < 1.29 is 19.1 Å². The lowest BCUT2D eigenvalue weighted by molar-refractivity contribution is 0.178. The SMILES string of the molecule is COC(=O)N=NC(=O)Oc1ccc(C)cc1. The van der Waals surface area contributed by atoms with Crippen molar-refractivity contribution in [1.29, 1.82) is 0 Å². The van der Waals surface area contributed by atoms with Crippen molar-refractivity contribution in [2.24, 2.45) is 10.2 Å². The van der Waals surface area contributed by atoms with Crippen LogP contribution in [0.15, 0.2) is 34.5 Å². The van der Waals surface area contributed by atoms with Gasteiger partial charge in [-0.1, -0.05) is 27.9 Å². The monoisotopic (exact) mass is 222 g/mol. The quantitative estimate of drug-likeness (QED) is 0.684. The fourth-order valence-electron chi connectivity index (χ4n) is 0.850. The van der Waals surface area contributed by atoms with E-state index in [2.05, 4.69) is 15.0 Å². The maximum atomic E-state index is 11.0. The largest absolute Gasteiger partial charge is 0.458 e. The van der Waals surface area contributed by atoms with Crippen molar-refractivity contribution >= 4 is 12.2 Å². The molecule has 0 aliphatic carbocycles. The lowest BCUT2D eigenvalue weighted by Crippen LogP contribution is -2.02. The molecule has 6 heteroatoms. The number of hydrogen-bond donors (Lipinski definition) is 0. The topological polar surface area (TPSA) is 77.3 Å². The summed E-state index contributed by atoms with van der Waals surface area (Å²) in [6.07, 6.45) is -1.94. The van der Waals surface area contributed by atoms with E-state index in [0.29, 0.717) is 5.75 Å². The summed E-state index contributed by atoms with van der Waals surface area (Å²) in [7, 11) is 1.13. The molecule has 0 spiro atoms. The van der Waals surface area contributed by atoms with Gasteiger partial charge in [0.25, 0.3) is 0 Å². The van der Waals surface area contributed by atoms with Gasteiger partial charge in [-0.05, 0) is 19.1 Å². The first-order chi connectivity index (χ1) is 7.61. The molecule has 0 atom stereocenters. The van der Waals surface area contributed by atoms with Crippen molar-refractivity contribution in [3.8, 4) is 5.75 Å². The second-order valence-electron chi connectivity index (χ2n) is 2.85. The van der Waals surface area contributed by atoms with Crippen LogP contribution >= 0.6 is 0 Å². The molecule has 0 saturated carbocycles. The zero-order valence-corrected chi connectivity index (χ0v) is 8.84. The van der Waals surface area contributed by atoms with E-state index in [0.717, 1.165) is 12.7 Å². The molecule has 1 aromatic rings. The van der Waals surface area contributed by atoms with Crippen LogP contribution in [0, 0.1) is 6.92 Å². The summed E-state index contributed by atoms with van der Waals surface area (Å²) in [4.78, 5) is 21.6. The molecule has 2 amide bonds. The number of benzene rings is 1. The molecular weight excluding hydrogens is 212 g/mol. The number of amides is 2. The van der Waals surface area contributed by atoms with Crippen LogP contribution in [-0.2, 0) is 4.74 Å². The Bertz CT molecular complexity index is 411. The highest BCUT2D eigenvalue weighted by Gasteiger charge is 2.03. The van der Waals surface area contributed by atoms with E-state index in [1.165, 1.54) is 0 Å². The highest BCUT2D eigenvalue weighted by molar-refractivity contribution is 5.74. The summed E-state index contributed by atoms with van der Waals surface area (Å²) in [5, 5.41) is 5.95.